The summed E-state index contributed by atoms with van der Waals surface area (Å²) in [6.45, 7) is 1.08. The summed E-state index contributed by atoms with van der Waals surface area (Å²) in [5.74, 6) is -0.678. The van der Waals surface area contributed by atoms with E-state index in [0.717, 1.165) is 6.92 Å². The summed E-state index contributed by atoms with van der Waals surface area (Å²) in [6, 6.07) is 0. The van der Waals surface area contributed by atoms with Gasteiger partial charge in [-0.05, 0) is 6.08 Å². The molecule has 0 fully saturated rings. The maximum Gasteiger partial charge on any atom is 0.307 e. The van der Waals surface area contributed by atoms with E-state index >= 15 is 0 Å². The first-order valence-electron chi connectivity index (χ1n) is 2.80. The van der Waals surface area contributed by atoms with Gasteiger partial charge in [-0.1, -0.05) is 0 Å². The molecule has 5 heteroatoms. The standard InChI is InChI=1S/C6H7F3O2/c1-4(10)11-3-2-5(7)6(8)9/h2-3,5-6H,1H3. The van der Waals surface area contributed by atoms with Crippen molar-refractivity contribution in [2.45, 2.75) is 19.5 Å². The fourth-order valence-electron chi connectivity index (χ4n) is 0.294. The highest BCUT2D eigenvalue weighted by atomic mass is 19.3. The van der Waals surface area contributed by atoms with Gasteiger partial charge in [-0.3, -0.25) is 4.79 Å². The molecule has 0 saturated carbocycles. The van der Waals surface area contributed by atoms with Gasteiger partial charge in [0.15, 0.2) is 6.17 Å². The molecule has 0 bridgehead atoms. The molecule has 1 atom stereocenters. The van der Waals surface area contributed by atoms with Crippen LogP contribution in [0.25, 0.3) is 0 Å². The Morgan fingerprint density at radius 2 is 2.00 bits per heavy atom. The predicted molar refractivity (Wildman–Crippen MR) is 31.8 cm³/mol. The van der Waals surface area contributed by atoms with Gasteiger partial charge in [0, 0.05) is 6.92 Å². The van der Waals surface area contributed by atoms with Gasteiger partial charge in [-0.25, -0.2) is 13.2 Å². The largest absolute Gasteiger partial charge is 0.435 e. The highest BCUT2D eigenvalue weighted by Crippen LogP contribution is 2.06. The summed E-state index contributed by atoms with van der Waals surface area (Å²) in [5.41, 5.74) is 0. The van der Waals surface area contributed by atoms with Gasteiger partial charge in [0.2, 0.25) is 0 Å². The quantitative estimate of drug-likeness (QED) is 0.473. The van der Waals surface area contributed by atoms with E-state index in [1.807, 2.05) is 0 Å². The zero-order valence-electron chi connectivity index (χ0n) is 5.76. The average Bonchev–Trinajstić information content (AvgIpc) is 1.86. The molecule has 1 unspecified atom stereocenters. The van der Waals surface area contributed by atoms with Crippen LogP contribution in [0.4, 0.5) is 13.2 Å². The summed E-state index contributed by atoms with van der Waals surface area (Å²) in [7, 11) is 0. The van der Waals surface area contributed by atoms with Crippen molar-refractivity contribution in [1.29, 1.82) is 0 Å². The second-order valence-electron chi connectivity index (χ2n) is 1.72. The number of alkyl halides is 3. The molecule has 0 radical (unpaired) electrons. The number of rotatable bonds is 3. The Hall–Kier alpha value is -1.00. The van der Waals surface area contributed by atoms with Gasteiger partial charge in [-0.2, -0.15) is 0 Å². The van der Waals surface area contributed by atoms with Crippen molar-refractivity contribution in [3.8, 4) is 0 Å². The molecule has 11 heavy (non-hydrogen) atoms. The third-order valence-electron chi connectivity index (χ3n) is 0.737. The second kappa shape index (κ2) is 4.76. The number of hydrogen-bond acceptors (Lipinski definition) is 2. The fraction of sp³-hybridized carbons (Fsp3) is 0.500. The molecule has 0 aliphatic rings. The Balaban J connectivity index is 3.65. The molecule has 2 nitrogen and oxygen atoms in total. The van der Waals surface area contributed by atoms with Gasteiger partial charge in [0.1, 0.15) is 0 Å². The predicted octanol–water partition coefficient (Wildman–Crippen LogP) is 1.67. The first-order valence-corrected chi connectivity index (χ1v) is 2.80. The molecule has 0 saturated heterocycles. The smallest absolute Gasteiger partial charge is 0.307 e. The minimum absolute atomic E-state index is 0.478. The van der Waals surface area contributed by atoms with Gasteiger partial charge in [-0.15, -0.1) is 0 Å². The molecule has 0 heterocycles. The van der Waals surface area contributed by atoms with E-state index in [2.05, 4.69) is 4.74 Å². The van der Waals surface area contributed by atoms with Crippen LogP contribution < -0.4 is 0 Å². The van der Waals surface area contributed by atoms with Crippen LogP contribution in [0.1, 0.15) is 6.92 Å². The minimum Gasteiger partial charge on any atom is -0.435 e. The van der Waals surface area contributed by atoms with Crippen molar-refractivity contribution < 1.29 is 22.7 Å². The number of carbonyl (C=O) groups excluding carboxylic acids is 1. The summed E-state index contributed by atoms with van der Waals surface area (Å²) in [4.78, 5) is 10.0. The Morgan fingerprint density at radius 3 is 2.36 bits per heavy atom. The molecule has 0 aromatic heterocycles. The maximum atomic E-state index is 11.9. The normalized spacial score (nSPS) is 13.9. The summed E-state index contributed by atoms with van der Waals surface area (Å²) < 4.78 is 38.8. The van der Waals surface area contributed by atoms with Crippen LogP contribution >= 0.6 is 0 Å². The topological polar surface area (TPSA) is 26.3 Å². The van der Waals surface area contributed by atoms with Crippen molar-refractivity contribution in [1.82, 2.24) is 0 Å². The molecule has 0 rings (SSSR count). The van der Waals surface area contributed by atoms with Crippen LogP contribution in [-0.2, 0) is 9.53 Å². The Morgan fingerprint density at radius 1 is 1.45 bits per heavy atom. The van der Waals surface area contributed by atoms with Crippen LogP contribution in [0.5, 0.6) is 0 Å². The zero-order chi connectivity index (χ0) is 8.85. The molecule has 0 spiro atoms. The molecule has 64 valence electrons. The van der Waals surface area contributed by atoms with E-state index in [1.54, 1.807) is 0 Å². The lowest BCUT2D eigenvalue weighted by atomic mass is 10.4. The van der Waals surface area contributed by atoms with Crippen molar-refractivity contribution >= 4 is 5.97 Å². The van der Waals surface area contributed by atoms with E-state index in [0.29, 0.717) is 12.3 Å². The molecule has 0 aromatic rings. The average molecular weight is 168 g/mol. The van der Waals surface area contributed by atoms with Crippen molar-refractivity contribution in [3.05, 3.63) is 12.3 Å². The Labute approximate surface area is 61.6 Å². The van der Waals surface area contributed by atoms with E-state index in [4.69, 9.17) is 0 Å². The Kier molecular flexibility index (Phi) is 4.33. The third kappa shape index (κ3) is 5.44. The summed E-state index contributed by atoms with van der Waals surface area (Å²) in [6.07, 6.45) is -4.37. The molecule has 0 aliphatic heterocycles. The van der Waals surface area contributed by atoms with Crippen molar-refractivity contribution in [3.63, 3.8) is 0 Å². The second-order valence-corrected chi connectivity index (χ2v) is 1.72. The van der Waals surface area contributed by atoms with Crippen LogP contribution in [0.2, 0.25) is 0 Å². The van der Waals surface area contributed by atoms with Crippen LogP contribution in [0.15, 0.2) is 12.3 Å². The highest BCUT2D eigenvalue weighted by Gasteiger charge is 2.14. The molecule has 0 N–H and O–H groups in total. The lowest BCUT2D eigenvalue weighted by Crippen LogP contribution is -2.08. The molecule has 0 aromatic carbocycles. The Bertz CT molecular complexity index is 156. The van der Waals surface area contributed by atoms with Crippen LogP contribution in [0, 0.1) is 0 Å². The van der Waals surface area contributed by atoms with Crippen molar-refractivity contribution in [2.75, 3.05) is 0 Å². The van der Waals surface area contributed by atoms with Gasteiger partial charge >= 0.3 is 5.97 Å². The number of ether oxygens (including phenoxy) is 1. The lowest BCUT2D eigenvalue weighted by Gasteiger charge is -1.98. The van der Waals surface area contributed by atoms with Gasteiger partial charge < -0.3 is 4.74 Å². The van der Waals surface area contributed by atoms with Gasteiger partial charge in [0.25, 0.3) is 6.43 Å². The first kappa shape index (κ1) is 10.0. The minimum atomic E-state index is -3.08. The number of halogens is 3. The number of carbonyl (C=O) groups is 1. The first-order chi connectivity index (χ1) is 5.04. The summed E-state index contributed by atoms with van der Waals surface area (Å²) in [5, 5.41) is 0. The van der Waals surface area contributed by atoms with Crippen LogP contribution in [0.3, 0.4) is 0 Å². The number of esters is 1. The SMILES string of the molecule is CC(=O)OC=CC(F)C(F)F. The van der Waals surface area contributed by atoms with Crippen molar-refractivity contribution in [2.24, 2.45) is 0 Å². The van der Waals surface area contributed by atoms with E-state index in [1.165, 1.54) is 0 Å². The van der Waals surface area contributed by atoms with E-state index in [9.17, 15) is 18.0 Å². The molecule has 0 aliphatic carbocycles. The van der Waals surface area contributed by atoms with Gasteiger partial charge in [0.05, 0.1) is 6.26 Å². The lowest BCUT2D eigenvalue weighted by molar-refractivity contribution is -0.135. The highest BCUT2D eigenvalue weighted by molar-refractivity contribution is 5.66. The van der Waals surface area contributed by atoms with E-state index in [-0.39, 0.29) is 0 Å². The molecular formula is C6H7F3O2. The summed E-state index contributed by atoms with van der Waals surface area (Å²) >= 11 is 0. The number of hydrogen-bond donors (Lipinski definition) is 0. The van der Waals surface area contributed by atoms with Crippen LogP contribution in [-0.4, -0.2) is 18.6 Å². The number of allylic oxidation sites excluding steroid dienone is 1. The molecule has 0 amide bonds. The molecular weight excluding hydrogens is 161 g/mol. The third-order valence-corrected chi connectivity index (χ3v) is 0.737. The monoisotopic (exact) mass is 168 g/mol. The zero-order valence-corrected chi connectivity index (χ0v) is 5.76. The van der Waals surface area contributed by atoms with E-state index < -0.39 is 18.6 Å². The maximum absolute atomic E-state index is 11.9. The fourth-order valence-corrected chi connectivity index (χ4v) is 0.294.